The van der Waals surface area contributed by atoms with E-state index in [1.165, 1.54) is 11.8 Å². The second-order valence-electron chi connectivity index (χ2n) is 5.82. The highest BCUT2D eigenvalue weighted by Crippen LogP contribution is 2.36. The van der Waals surface area contributed by atoms with E-state index in [1.807, 2.05) is 36.4 Å². The fraction of sp³-hybridized carbons (Fsp3) is 0.167. The van der Waals surface area contributed by atoms with E-state index in [2.05, 4.69) is 4.98 Å². The number of fused-ring (bicyclic) bond motifs is 1. The highest BCUT2D eigenvalue weighted by atomic mass is 35.5. The quantitative estimate of drug-likeness (QED) is 0.427. The predicted octanol–water partition coefficient (Wildman–Crippen LogP) is 2.79. The Balaban J connectivity index is 1.95. The van der Waals surface area contributed by atoms with Crippen molar-refractivity contribution in [2.75, 3.05) is 5.75 Å². The third kappa shape index (κ3) is 2.62. The highest BCUT2D eigenvalue weighted by Gasteiger charge is 2.38. The van der Waals surface area contributed by atoms with Gasteiger partial charge in [-0.15, -0.1) is 0 Å². The molecule has 0 saturated heterocycles. The van der Waals surface area contributed by atoms with E-state index >= 15 is 0 Å². The molecule has 2 aromatic heterocycles. The van der Waals surface area contributed by atoms with Crippen molar-refractivity contribution in [2.24, 2.45) is 7.05 Å². The summed E-state index contributed by atoms with van der Waals surface area (Å²) in [4.78, 5) is 17.3. The van der Waals surface area contributed by atoms with Gasteiger partial charge in [-0.3, -0.25) is 0 Å². The van der Waals surface area contributed by atoms with Crippen LogP contribution in [0, 0.1) is 0 Å². The van der Waals surface area contributed by atoms with Crippen molar-refractivity contribution in [1.29, 1.82) is 0 Å². The summed E-state index contributed by atoms with van der Waals surface area (Å²) in [5.74, 6) is 0.675. The molecule has 1 N–H and O–H groups in total. The molecule has 0 saturated carbocycles. The van der Waals surface area contributed by atoms with Crippen molar-refractivity contribution in [3.8, 4) is 17.0 Å². The molecule has 0 unspecified atom stereocenters. The molecule has 4 rings (SSSR count). The summed E-state index contributed by atoms with van der Waals surface area (Å²) in [6, 6.07) is 12.7. The molecule has 3 heterocycles. The van der Waals surface area contributed by atoms with Crippen LogP contribution < -0.4 is 10.1 Å². The third-order valence-electron chi connectivity index (χ3n) is 4.35. The maximum Gasteiger partial charge on any atom is 0.350 e. The number of hydrogen-bond donors (Lipinski definition) is 1. The van der Waals surface area contributed by atoms with Gasteiger partial charge in [-0.25, -0.2) is 9.78 Å². The second-order valence-corrected chi connectivity index (χ2v) is 7.20. The van der Waals surface area contributed by atoms with E-state index in [-0.39, 0.29) is 17.5 Å². The van der Waals surface area contributed by atoms with Crippen LogP contribution in [0.25, 0.3) is 11.1 Å². The summed E-state index contributed by atoms with van der Waals surface area (Å²) >= 11 is 7.42. The molecule has 0 aliphatic carbocycles. The van der Waals surface area contributed by atoms with E-state index in [0.717, 1.165) is 10.7 Å². The number of thioether (sulfide) groups is 1. The summed E-state index contributed by atoms with van der Waals surface area (Å²) < 4.78 is 3.40. The van der Waals surface area contributed by atoms with Gasteiger partial charge >= 0.3 is 10.7 Å². The number of benzene rings is 1. The molecule has 1 aliphatic heterocycles. The molecule has 1 aliphatic rings. The van der Waals surface area contributed by atoms with Crippen LogP contribution in [0.4, 0.5) is 0 Å². The minimum absolute atomic E-state index is 0.0233. The van der Waals surface area contributed by atoms with Crippen LogP contribution in [-0.2, 0) is 7.05 Å². The van der Waals surface area contributed by atoms with E-state index in [0.29, 0.717) is 22.0 Å². The topological polar surface area (TPSA) is 59.0 Å². The van der Waals surface area contributed by atoms with Gasteiger partial charge in [0.1, 0.15) is 11.2 Å². The van der Waals surface area contributed by atoms with Gasteiger partial charge in [0, 0.05) is 11.8 Å². The molecular formula is C18H15ClN3O2S+. The van der Waals surface area contributed by atoms with Crippen molar-refractivity contribution < 1.29 is 9.67 Å². The molecular weight excluding hydrogens is 358 g/mol. The Labute approximate surface area is 153 Å². The van der Waals surface area contributed by atoms with Gasteiger partial charge in [0.2, 0.25) is 0 Å². The molecule has 5 nitrogen and oxygen atoms in total. The molecule has 3 aromatic rings. The molecule has 25 heavy (non-hydrogen) atoms. The van der Waals surface area contributed by atoms with E-state index in [9.17, 15) is 9.90 Å². The van der Waals surface area contributed by atoms with Gasteiger partial charge in [-0.1, -0.05) is 48.0 Å². The van der Waals surface area contributed by atoms with E-state index in [1.54, 1.807) is 28.4 Å². The molecule has 0 fully saturated rings. The number of hydrogen-bond acceptors (Lipinski definition) is 4. The maximum absolute atomic E-state index is 13.2. The van der Waals surface area contributed by atoms with Crippen molar-refractivity contribution in [3.63, 3.8) is 0 Å². The summed E-state index contributed by atoms with van der Waals surface area (Å²) in [5.41, 5.74) is 1.71. The first-order chi connectivity index (χ1) is 12.1. The number of nitrogens with zero attached hydrogens (tertiary/aromatic N) is 3. The monoisotopic (exact) mass is 372 g/mol. The van der Waals surface area contributed by atoms with Crippen LogP contribution in [0.15, 0.2) is 58.6 Å². The highest BCUT2D eigenvalue weighted by molar-refractivity contribution is 7.99. The maximum atomic E-state index is 13.2. The van der Waals surface area contributed by atoms with Gasteiger partial charge < -0.3 is 5.11 Å². The average molecular weight is 373 g/mol. The molecule has 0 radical (unpaired) electrons. The number of aromatic hydroxyl groups is 1. The Morgan fingerprint density at radius 2 is 2.04 bits per heavy atom. The SMILES string of the molecule is C[n+]1c(O)c(-c2ccccc2)c(=O)n2c1SC[C@@H]2c1ccc(Cl)nc1. The van der Waals surface area contributed by atoms with Crippen LogP contribution in [0.2, 0.25) is 5.15 Å². The van der Waals surface area contributed by atoms with Gasteiger partial charge in [-0.2, -0.15) is 9.13 Å². The first-order valence-corrected chi connectivity index (χ1v) is 9.11. The van der Waals surface area contributed by atoms with E-state index < -0.39 is 0 Å². The molecule has 7 heteroatoms. The lowest BCUT2D eigenvalue weighted by atomic mass is 10.1. The molecule has 1 atom stereocenters. The standard InChI is InChI=1S/C18H14ClN3O2S/c1-21-16(23)15(11-5-3-2-4-6-11)17(24)22-13(10-25-18(21)22)12-7-8-14(19)20-9-12/h2-9,13H,10H2,1H3/p+1/t13-/m1/s1. The lowest BCUT2D eigenvalue weighted by Gasteiger charge is -2.12. The first-order valence-electron chi connectivity index (χ1n) is 7.75. The minimum Gasteiger partial charge on any atom is -0.477 e. The molecule has 1 aromatic carbocycles. The Bertz CT molecular complexity index is 1000. The van der Waals surface area contributed by atoms with Gasteiger partial charge in [0.15, 0.2) is 5.56 Å². The number of rotatable bonds is 2. The summed E-state index contributed by atoms with van der Waals surface area (Å²) in [5, 5.41) is 11.7. The predicted molar refractivity (Wildman–Crippen MR) is 97.1 cm³/mol. The van der Waals surface area contributed by atoms with Crippen LogP contribution >= 0.6 is 23.4 Å². The van der Waals surface area contributed by atoms with Crippen molar-refractivity contribution in [2.45, 2.75) is 11.2 Å². The van der Waals surface area contributed by atoms with Crippen LogP contribution in [0.5, 0.6) is 5.88 Å². The van der Waals surface area contributed by atoms with Crippen molar-refractivity contribution in [1.82, 2.24) is 9.55 Å². The smallest absolute Gasteiger partial charge is 0.350 e. The largest absolute Gasteiger partial charge is 0.477 e. The Morgan fingerprint density at radius 1 is 1.28 bits per heavy atom. The second kappa shape index (κ2) is 6.20. The number of halogens is 1. The molecule has 126 valence electrons. The Morgan fingerprint density at radius 3 is 2.72 bits per heavy atom. The van der Waals surface area contributed by atoms with E-state index in [4.69, 9.17) is 11.6 Å². The average Bonchev–Trinajstić information content (AvgIpc) is 3.07. The van der Waals surface area contributed by atoms with Gasteiger partial charge in [0.25, 0.3) is 5.88 Å². The first kappa shape index (κ1) is 16.2. The summed E-state index contributed by atoms with van der Waals surface area (Å²) in [6.45, 7) is 0. The fourth-order valence-electron chi connectivity index (χ4n) is 3.08. The minimum atomic E-state index is -0.207. The number of pyridine rings is 1. The van der Waals surface area contributed by atoms with Crippen LogP contribution in [-0.4, -0.2) is 20.4 Å². The summed E-state index contributed by atoms with van der Waals surface area (Å²) in [6.07, 6.45) is 1.70. The Hall–Kier alpha value is -2.31. The normalized spacial score (nSPS) is 16.0. The zero-order chi connectivity index (χ0) is 17.6. The van der Waals surface area contributed by atoms with Crippen LogP contribution in [0.3, 0.4) is 0 Å². The van der Waals surface area contributed by atoms with Crippen LogP contribution in [0.1, 0.15) is 11.6 Å². The zero-order valence-electron chi connectivity index (χ0n) is 13.4. The molecule has 0 bridgehead atoms. The third-order valence-corrected chi connectivity index (χ3v) is 5.78. The van der Waals surface area contributed by atoms with Gasteiger partial charge in [0.05, 0.1) is 12.8 Å². The van der Waals surface area contributed by atoms with Crippen molar-refractivity contribution >= 4 is 23.4 Å². The van der Waals surface area contributed by atoms with Gasteiger partial charge in [-0.05, 0) is 23.4 Å². The fourth-order valence-corrected chi connectivity index (χ4v) is 4.47. The molecule has 0 spiro atoms. The lowest BCUT2D eigenvalue weighted by Crippen LogP contribution is -2.41. The lowest BCUT2D eigenvalue weighted by molar-refractivity contribution is -0.720. The molecule has 0 amide bonds. The Kier molecular flexibility index (Phi) is 4.01. The summed E-state index contributed by atoms with van der Waals surface area (Å²) in [7, 11) is 1.77. The number of aromatic nitrogens is 3. The zero-order valence-corrected chi connectivity index (χ0v) is 15.0. The van der Waals surface area contributed by atoms with Crippen molar-refractivity contribution in [3.05, 3.63) is 69.7 Å².